The van der Waals surface area contributed by atoms with E-state index in [4.69, 9.17) is 16.3 Å². The van der Waals surface area contributed by atoms with Crippen molar-refractivity contribution < 1.29 is 14.3 Å². The van der Waals surface area contributed by atoms with Crippen molar-refractivity contribution in [2.75, 3.05) is 38.2 Å². The molecule has 0 N–H and O–H groups in total. The van der Waals surface area contributed by atoms with Gasteiger partial charge in [0.1, 0.15) is 0 Å². The van der Waals surface area contributed by atoms with Crippen LogP contribution in [0.25, 0.3) is 0 Å². The third-order valence-corrected chi connectivity index (χ3v) is 3.91. The summed E-state index contributed by atoms with van der Waals surface area (Å²) < 4.78 is 5.05. The molecule has 2 heterocycles. The summed E-state index contributed by atoms with van der Waals surface area (Å²) in [4.78, 5) is 35.8. The third kappa shape index (κ3) is 4.79. The van der Waals surface area contributed by atoms with Gasteiger partial charge in [-0.25, -0.2) is 9.97 Å². The van der Waals surface area contributed by atoms with Crippen molar-refractivity contribution in [1.29, 1.82) is 0 Å². The molecular formula is C15H21ClN4O3. The van der Waals surface area contributed by atoms with Crippen molar-refractivity contribution >= 4 is 29.4 Å². The summed E-state index contributed by atoms with van der Waals surface area (Å²) in [5.41, 5.74) is 0. The lowest BCUT2D eigenvalue weighted by atomic mass is 9.98. The van der Waals surface area contributed by atoms with Crippen LogP contribution in [-0.2, 0) is 14.3 Å². The Morgan fingerprint density at radius 1 is 1.43 bits per heavy atom. The lowest BCUT2D eigenvalue weighted by molar-refractivity contribution is -0.151. The van der Waals surface area contributed by atoms with Crippen molar-refractivity contribution in [3.8, 4) is 0 Å². The summed E-state index contributed by atoms with van der Waals surface area (Å²) in [7, 11) is 1.74. The Morgan fingerprint density at radius 3 is 2.78 bits per heavy atom. The second-order valence-electron chi connectivity index (χ2n) is 5.49. The molecule has 0 bridgehead atoms. The van der Waals surface area contributed by atoms with Gasteiger partial charge in [0.25, 0.3) is 0 Å². The van der Waals surface area contributed by atoms with E-state index in [0.29, 0.717) is 30.7 Å². The molecule has 0 aromatic carbocycles. The van der Waals surface area contributed by atoms with Crippen LogP contribution in [0.2, 0.25) is 5.02 Å². The molecule has 23 heavy (non-hydrogen) atoms. The van der Waals surface area contributed by atoms with Crippen LogP contribution in [-0.4, -0.2) is 60.0 Å². The molecule has 0 saturated carbocycles. The Bertz CT molecular complexity index is 552. The predicted molar refractivity (Wildman–Crippen MR) is 86.2 cm³/mol. The standard InChI is InChI=1S/C15H21ClN4O3/c1-3-23-14(22)11-5-4-6-20(9-11)13(21)10-19(2)15-17-7-12(16)8-18-15/h7-8,11H,3-6,9-10H2,1-2H3/t11-/m0/s1. The van der Waals surface area contributed by atoms with Gasteiger partial charge in [-0.2, -0.15) is 0 Å². The van der Waals surface area contributed by atoms with E-state index in [2.05, 4.69) is 9.97 Å². The fourth-order valence-electron chi connectivity index (χ4n) is 2.53. The molecule has 8 heteroatoms. The number of likely N-dealkylation sites (tertiary alicyclic amines) is 1. The lowest BCUT2D eigenvalue weighted by Gasteiger charge is -2.32. The van der Waals surface area contributed by atoms with Crippen molar-refractivity contribution in [1.82, 2.24) is 14.9 Å². The van der Waals surface area contributed by atoms with E-state index in [1.165, 1.54) is 12.4 Å². The Hall–Kier alpha value is -1.89. The SMILES string of the molecule is CCOC(=O)[C@H]1CCCN(C(=O)CN(C)c2ncc(Cl)cn2)C1. The average molecular weight is 341 g/mol. The summed E-state index contributed by atoms with van der Waals surface area (Å²) in [5.74, 6) is -0.0779. The molecule has 1 aliphatic rings. The molecule has 1 atom stereocenters. The Labute approximate surface area is 140 Å². The number of likely N-dealkylation sites (N-methyl/N-ethyl adjacent to an activating group) is 1. The highest BCUT2D eigenvalue weighted by molar-refractivity contribution is 6.30. The van der Waals surface area contributed by atoms with Crippen LogP contribution in [0.15, 0.2) is 12.4 Å². The number of nitrogens with zero attached hydrogens (tertiary/aromatic N) is 4. The molecule has 0 aliphatic carbocycles. The van der Waals surface area contributed by atoms with Crippen LogP contribution in [0.4, 0.5) is 5.95 Å². The second-order valence-corrected chi connectivity index (χ2v) is 5.92. The van der Waals surface area contributed by atoms with E-state index in [1.807, 2.05) is 0 Å². The number of esters is 1. The average Bonchev–Trinajstić information content (AvgIpc) is 2.55. The highest BCUT2D eigenvalue weighted by atomic mass is 35.5. The molecule has 0 unspecified atom stereocenters. The van der Waals surface area contributed by atoms with Crippen molar-refractivity contribution in [3.05, 3.63) is 17.4 Å². The normalized spacial score (nSPS) is 17.7. The fourth-order valence-corrected chi connectivity index (χ4v) is 2.63. The molecule has 1 saturated heterocycles. The van der Waals surface area contributed by atoms with Gasteiger partial charge >= 0.3 is 5.97 Å². The molecule has 0 radical (unpaired) electrons. The number of aromatic nitrogens is 2. The van der Waals surface area contributed by atoms with Crippen LogP contribution >= 0.6 is 11.6 Å². The zero-order valence-corrected chi connectivity index (χ0v) is 14.1. The van der Waals surface area contributed by atoms with Gasteiger partial charge in [-0.15, -0.1) is 0 Å². The lowest BCUT2D eigenvalue weighted by Crippen LogP contribution is -2.46. The number of carbonyl (C=O) groups excluding carboxylic acids is 2. The molecule has 126 valence electrons. The van der Waals surface area contributed by atoms with E-state index < -0.39 is 0 Å². The molecule has 1 aliphatic heterocycles. The number of hydrogen-bond acceptors (Lipinski definition) is 6. The molecule has 1 aromatic rings. The summed E-state index contributed by atoms with van der Waals surface area (Å²) in [6, 6.07) is 0. The first-order valence-corrected chi connectivity index (χ1v) is 8.02. The van der Waals surface area contributed by atoms with Gasteiger partial charge < -0.3 is 14.5 Å². The molecule has 7 nitrogen and oxygen atoms in total. The first-order chi connectivity index (χ1) is 11.0. The van der Waals surface area contributed by atoms with Crippen LogP contribution in [0.1, 0.15) is 19.8 Å². The minimum Gasteiger partial charge on any atom is -0.466 e. The first kappa shape index (κ1) is 17.5. The maximum Gasteiger partial charge on any atom is 0.310 e. The number of amides is 1. The number of hydrogen-bond donors (Lipinski definition) is 0. The minimum absolute atomic E-state index is 0.0555. The fraction of sp³-hybridized carbons (Fsp3) is 0.600. The highest BCUT2D eigenvalue weighted by Gasteiger charge is 2.29. The number of piperidine rings is 1. The number of halogens is 1. The maximum atomic E-state index is 12.4. The van der Waals surface area contributed by atoms with Gasteiger partial charge in [0.15, 0.2) is 0 Å². The zero-order valence-electron chi connectivity index (χ0n) is 13.4. The van der Waals surface area contributed by atoms with Crippen molar-refractivity contribution in [3.63, 3.8) is 0 Å². The summed E-state index contributed by atoms with van der Waals surface area (Å²) in [6.07, 6.45) is 4.54. The summed E-state index contributed by atoms with van der Waals surface area (Å²) in [6.45, 7) is 3.36. The van der Waals surface area contributed by atoms with Gasteiger partial charge in [0, 0.05) is 20.1 Å². The molecular weight excluding hydrogens is 320 g/mol. The van der Waals surface area contributed by atoms with E-state index in [0.717, 1.165) is 12.8 Å². The van der Waals surface area contributed by atoms with Crippen LogP contribution in [0.5, 0.6) is 0 Å². The quantitative estimate of drug-likeness (QED) is 0.753. The zero-order chi connectivity index (χ0) is 16.8. The Morgan fingerprint density at radius 2 is 2.13 bits per heavy atom. The van der Waals surface area contributed by atoms with E-state index in [9.17, 15) is 9.59 Å². The van der Waals surface area contributed by atoms with Crippen molar-refractivity contribution in [2.45, 2.75) is 19.8 Å². The highest BCUT2D eigenvalue weighted by Crippen LogP contribution is 2.18. The molecule has 2 rings (SSSR count). The number of anilines is 1. The Kier molecular flexibility index (Phi) is 6.15. The van der Waals surface area contributed by atoms with Gasteiger partial charge in [0.2, 0.25) is 11.9 Å². The first-order valence-electron chi connectivity index (χ1n) is 7.64. The molecule has 1 aromatic heterocycles. The van der Waals surface area contributed by atoms with Gasteiger partial charge in [0.05, 0.1) is 36.5 Å². The van der Waals surface area contributed by atoms with E-state index in [-0.39, 0.29) is 24.3 Å². The van der Waals surface area contributed by atoms with Crippen LogP contribution in [0, 0.1) is 5.92 Å². The number of carbonyl (C=O) groups is 2. The molecule has 1 fully saturated rings. The van der Waals surface area contributed by atoms with Crippen LogP contribution < -0.4 is 4.90 Å². The number of ether oxygens (including phenoxy) is 1. The summed E-state index contributed by atoms with van der Waals surface area (Å²) in [5, 5.41) is 0.446. The molecule has 0 spiro atoms. The molecule has 1 amide bonds. The largest absolute Gasteiger partial charge is 0.466 e. The monoisotopic (exact) mass is 340 g/mol. The maximum absolute atomic E-state index is 12.4. The predicted octanol–water partition coefficient (Wildman–Crippen LogP) is 1.37. The topological polar surface area (TPSA) is 75.6 Å². The smallest absolute Gasteiger partial charge is 0.310 e. The van der Waals surface area contributed by atoms with E-state index >= 15 is 0 Å². The van der Waals surface area contributed by atoms with Crippen molar-refractivity contribution in [2.24, 2.45) is 5.92 Å². The van der Waals surface area contributed by atoms with Crippen LogP contribution in [0.3, 0.4) is 0 Å². The Balaban J connectivity index is 1.91. The summed E-state index contributed by atoms with van der Waals surface area (Å²) >= 11 is 5.75. The minimum atomic E-state index is -0.232. The van der Waals surface area contributed by atoms with E-state index in [1.54, 1.807) is 23.8 Å². The second kappa shape index (κ2) is 8.10. The van der Waals surface area contributed by atoms with Gasteiger partial charge in [-0.05, 0) is 19.8 Å². The van der Waals surface area contributed by atoms with Gasteiger partial charge in [-0.3, -0.25) is 9.59 Å². The third-order valence-electron chi connectivity index (χ3n) is 3.71. The number of rotatable bonds is 5. The van der Waals surface area contributed by atoms with Gasteiger partial charge in [-0.1, -0.05) is 11.6 Å².